The van der Waals surface area contributed by atoms with Crippen LogP contribution in [0.15, 0.2) is 9.59 Å². The van der Waals surface area contributed by atoms with E-state index in [9.17, 15) is 9.59 Å². The van der Waals surface area contributed by atoms with E-state index in [0.29, 0.717) is 12.5 Å². The van der Waals surface area contributed by atoms with Crippen LogP contribution in [-0.4, -0.2) is 55.4 Å². The smallest absolute Gasteiger partial charge is 0.332 e. The molecule has 2 aromatic heterocycles. The van der Waals surface area contributed by atoms with E-state index >= 15 is 0 Å². The van der Waals surface area contributed by atoms with Gasteiger partial charge in [-0.3, -0.25) is 13.9 Å². The molecule has 0 spiro atoms. The number of aromatic nitrogens is 5. The van der Waals surface area contributed by atoms with Crippen LogP contribution in [0.1, 0.15) is 13.8 Å². The van der Waals surface area contributed by atoms with Crippen LogP contribution in [0.3, 0.4) is 0 Å². The maximum Gasteiger partial charge on any atom is 0.332 e. The summed E-state index contributed by atoms with van der Waals surface area (Å²) in [5.74, 6) is 0.308. The van der Waals surface area contributed by atoms with Gasteiger partial charge in [-0.25, -0.2) is 4.79 Å². The maximum absolute atomic E-state index is 12.0. The average molecular weight is 307 g/mol. The number of likely N-dealkylation sites (N-methyl/N-ethyl adjacent to an activating group) is 1. The van der Waals surface area contributed by atoms with Gasteiger partial charge in [0, 0.05) is 27.2 Å². The van der Waals surface area contributed by atoms with E-state index < -0.39 is 11.2 Å². The molecule has 120 valence electrons. The van der Waals surface area contributed by atoms with Crippen molar-refractivity contribution >= 4 is 17.1 Å². The molecule has 0 unspecified atom stereocenters. The maximum atomic E-state index is 12.0. The third-order valence-electron chi connectivity index (χ3n) is 3.67. The molecule has 0 fully saturated rings. The van der Waals surface area contributed by atoms with Crippen molar-refractivity contribution in [2.45, 2.75) is 13.8 Å². The molecule has 0 aliphatic heterocycles. The quantitative estimate of drug-likeness (QED) is 0.744. The standard InChI is InChI=1S/C13H21N7O2/c1-5-20(6-2)8-7-14-12-15-10-9(16-17-12)11(21)19(4)13(22)18(10)3/h5-8H2,1-4H3,(H,14,15,17). The Hall–Kier alpha value is -2.29. The highest BCUT2D eigenvalue weighted by Gasteiger charge is 2.12. The predicted octanol–water partition coefficient (Wildman–Crippen LogP) is -0.824. The molecule has 0 bridgehead atoms. The van der Waals surface area contributed by atoms with Crippen LogP contribution in [0, 0.1) is 0 Å². The highest BCUT2D eigenvalue weighted by atomic mass is 16.2. The Labute approximate surface area is 127 Å². The Balaban J connectivity index is 2.28. The summed E-state index contributed by atoms with van der Waals surface area (Å²) >= 11 is 0. The molecule has 1 N–H and O–H groups in total. The van der Waals surface area contributed by atoms with Crippen molar-refractivity contribution in [3.63, 3.8) is 0 Å². The predicted molar refractivity (Wildman–Crippen MR) is 84.1 cm³/mol. The zero-order valence-corrected chi connectivity index (χ0v) is 13.3. The lowest BCUT2D eigenvalue weighted by Crippen LogP contribution is -2.38. The molecule has 0 radical (unpaired) electrons. The molecule has 0 atom stereocenters. The molecule has 9 heteroatoms. The number of nitrogens with zero attached hydrogens (tertiary/aromatic N) is 6. The molecule has 22 heavy (non-hydrogen) atoms. The summed E-state index contributed by atoms with van der Waals surface area (Å²) in [6.07, 6.45) is 0. The van der Waals surface area contributed by atoms with Crippen LogP contribution in [0.25, 0.3) is 11.2 Å². The highest BCUT2D eigenvalue weighted by Crippen LogP contribution is 2.03. The van der Waals surface area contributed by atoms with Gasteiger partial charge in [-0.1, -0.05) is 13.8 Å². The fourth-order valence-electron chi connectivity index (χ4n) is 2.19. The molecular formula is C13H21N7O2. The van der Waals surface area contributed by atoms with Crippen LogP contribution >= 0.6 is 0 Å². The van der Waals surface area contributed by atoms with E-state index in [4.69, 9.17) is 0 Å². The van der Waals surface area contributed by atoms with Gasteiger partial charge in [-0.05, 0) is 13.1 Å². The molecular weight excluding hydrogens is 286 g/mol. The third kappa shape index (κ3) is 2.98. The fraction of sp³-hybridized carbons (Fsp3) is 0.615. The minimum Gasteiger partial charge on any atom is -0.352 e. The second-order valence-electron chi connectivity index (χ2n) is 4.97. The molecule has 2 rings (SSSR count). The van der Waals surface area contributed by atoms with E-state index in [1.165, 1.54) is 11.6 Å². The second kappa shape index (κ2) is 6.65. The summed E-state index contributed by atoms with van der Waals surface area (Å²) in [4.78, 5) is 30.4. The summed E-state index contributed by atoms with van der Waals surface area (Å²) in [5, 5.41) is 10.9. The molecule has 0 amide bonds. The fourth-order valence-corrected chi connectivity index (χ4v) is 2.19. The van der Waals surface area contributed by atoms with Gasteiger partial charge < -0.3 is 10.2 Å². The number of nitrogens with one attached hydrogen (secondary N) is 1. The largest absolute Gasteiger partial charge is 0.352 e. The summed E-state index contributed by atoms with van der Waals surface area (Å²) in [6.45, 7) is 7.66. The third-order valence-corrected chi connectivity index (χ3v) is 3.67. The van der Waals surface area contributed by atoms with Gasteiger partial charge in [0.05, 0.1) is 0 Å². The van der Waals surface area contributed by atoms with Crippen LogP contribution < -0.4 is 16.6 Å². The van der Waals surface area contributed by atoms with Crippen LogP contribution in [0.2, 0.25) is 0 Å². The number of fused-ring (bicyclic) bond motifs is 1. The molecule has 2 aromatic rings. The Morgan fingerprint density at radius 3 is 2.41 bits per heavy atom. The molecule has 0 saturated heterocycles. The zero-order chi connectivity index (χ0) is 16.3. The van der Waals surface area contributed by atoms with Crippen molar-refractivity contribution in [1.29, 1.82) is 0 Å². The van der Waals surface area contributed by atoms with Crippen molar-refractivity contribution in [2.24, 2.45) is 14.1 Å². The second-order valence-corrected chi connectivity index (χ2v) is 4.97. The summed E-state index contributed by atoms with van der Waals surface area (Å²) in [6, 6.07) is 0. The first-order valence-corrected chi connectivity index (χ1v) is 7.26. The lowest BCUT2D eigenvalue weighted by Gasteiger charge is -2.17. The molecule has 2 heterocycles. The molecule has 0 aromatic carbocycles. The van der Waals surface area contributed by atoms with E-state index in [1.807, 2.05) is 0 Å². The van der Waals surface area contributed by atoms with Crippen LogP contribution in [0.5, 0.6) is 0 Å². The van der Waals surface area contributed by atoms with Gasteiger partial charge in [-0.15, -0.1) is 10.2 Å². The SMILES string of the molecule is CCN(CC)CCNc1nnc2c(=O)n(C)c(=O)n(C)c2n1. The number of hydrogen-bond acceptors (Lipinski definition) is 7. The van der Waals surface area contributed by atoms with Gasteiger partial charge in [0.15, 0.2) is 11.2 Å². The van der Waals surface area contributed by atoms with Crippen molar-refractivity contribution in [1.82, 2.24) is 29.2 Å². The lowest BCUT2D eigenvalue weighted by atomic mass is 10.4. The minimum absolute atomic E-state index is 0.0823. The van der Waals surface area contributed by atoms with Gasteiger partial charge in [0.2, 0.25) is 5.95 Å². The first-order valence-electron chi connectivity index (χ1n) is 7.26. The van der Waals surface area contributed by atoms with E-state index in [0.717, 1.165) is 24.2 Å². The number of aryl methyl sites for hydroxylation is 1. The van der Waals surface area contributed by atoms with Crippen LogP contribution in [-0.2, 0) is 14.1 Å². The van der Waals surface area contributed by atoms with Gasteiger partial charge in [-0.2, -0.15) is 4.98 Å². The lowest BCUT2D eigenvalue weighted by molar-refractivity contribution is 0.316. The first-order chi connectivity index (χ1) is 10.5. The summed E-state index contributed by atoms with van der Waals surface area (Å²) < 4.78 is 2.28. The molecule has 9 nitrogen and oxygen atoms in total. The number of anilines is 1. The highest BCUT2D eigenvalue weighted by molar-refractivity contribution is 5.68. The molecule has 0 aliphatic carbocycles. The Bertz CT molecular complexity index is 776. The topological polar surface area (TPSA) is 97.9 Å². The number of rotatable bonds is 6. The Morgan fingerprint density at radius 1 is 1.09 bits per heavy atom. The van der Waals surface area contributed by atoms with Crippen LogP contribution in [0.4, 0.5) is 5.95 Å². The van der Waals surface area contributed by atoms with Gasteiger partial charge in [0.1, 0.15) is 0 Å². The number of hydrogen-bond donors (Lipinski definition) is 1. The summed E-state index contributed by atoms with van der Waals surface area (Å²) in [7, 11) is 2.96. The molecule has 0 saturated carbocycles. The normalized spacial score (nSPS) is 11.3. The first kappa shape index (κ1) is 16.1. The summed E-state index contributed by atoms with van der Waals surface area (Å²) in [5.41, 5.74) is -0.618. The van der Waals surface area contributed by atoms with Crippen molar-refractivity contribution in [3.05, 3.63) is 20.8 Å². The van der Waals surface area contributed by atoms with E-state index in [-0.39, 0.29) is 11.2 Å². The Morgan fingerprint density at radius 2 is 1.77 bits per heavy atom. The average Bonchev–Trinajstić information content (AvgIpc) is 2.54. The van der Waals surface area contributed by atoms with Gasteiger partial charge >= 0.3 is 5.69 Å². The minimum atomic E-state index is -0.493. The van der Waals surface area contributed by atoms with Gasteiger partial charge in [0.25, 0.3) is 5.56 Å². The van der Waals surface area contributed by atoms with E-state index in [1.54, 1.807) is 7.05 Å². The molecule has 0 aliphatic rings. The Kier molecular flexibility index (Phi) is 4.86. The van der Waals surface area contributed by atoms with Crippen molar-refractivity contribution in [3.8, 4) is 0 Å². The van der Waals surface area contributed by atoms with E-state index in [2.05, 4.69) is 39.2 Å². The zero-order valence-electron chi connectivity index (χ0n) is 13.3. The van der Waals surface area contributed by atoms with Crippen molar-refractivity contribution in [2.75, 3.05) is 31.5 Å². The monoisotopic (exact) mass is 307 g/mol. The van der Waals surface area contributed by atoms with Crippen molar-refractivity contribution < 1.29 is 0 Å².